The van der Waals surface area contributed by atoms with Gasteiger partial charge in [0.15, 0.2) is 5.96 Å². The Morgan fingerprint density at radius 2 is 1.83 bits per heavy atom. The lowest BCUT2D eigenvalue weighted by Crippen LogP contribution is -2.42. The molecule has 1 rings (SSSR count). The van der Waals surface area contributed by atoms with Crippen molar-refractivity contribution in [3.63, 3.8) is 0 Å². The van der Waals surface area contributed by atoms with Crippen molar-refractivity contribution in [1.29, 1.82) is 0 Å². The van der Waals surface area contributed by atoms with Crippen molar-refractivity contribution in [3.05, 3.63) is 29.3 Å². The summed E-state index contributed by atoms with van der Waals surface area (Å²) in [6, 6.07) is 5.38. The monoisotopic (exact) mass is 470 g/mol. The molecule has 0 aliphatic carbocycles. The normalized spacial score (nSPS) is 11.8. The minimum Gasteiger partial charge on any atom is -0.383 e. The second-order valence-corrected chi connectivity index (χ2v) is 6.82. The van der Waals surface area contributed by atoms with Crippen molar-refractivity contribution in [2.24, 2.45) is 4.99 Å². The highest BCUT2D eigenvalue weighted by Gasteiger charge is 2.16. The number of methoxy groups -OCH3 is 1. The number of hydrogen-bond acceptors (Lipinski definition) is 4. The van der Waals surface area contributed by atoms with Gasteiger partial charge < -0.3 is 15.4 Å². The zero-order valence-corrected chi connectivity index (χ0v) is 17.7. The van der Waals surface area contributed by atoms with E-state index in [1.807, 2.05) is 19.1 Å². The van der Waals surface area contributed by atoms with E-state index in [1.165, 1.54) is 0 Å². The number of benzene rings is 1. The van der Waals surface area contributed by atoms with Gasteiger partial charge in [-0.3, -0.25) is 4.99 Å². The average Bonchev–Trinajstić information content (AvgIpc) is 2.52. The Kier molecular flexibility index (Phi) is 11.2. The molecular weight excluding hydrogens is 443 g/mol. The highest BCUT2D eigenvalue weighted by atomic mass is 127. The van der Waals surface area contributed by atoms with Crippen LogP contribution in [0.15, 0.2) is 28.1 Å². The molecule has 0 aliphatic heterocycles. The third kappa shape index (κ3) is 7.77. The van der Waals surface area contributed by atoms with Crippen molar-refractivity contribution in [1.82, 2.24) is 15.4 Å². The Morgan fingerprint density at radius 1 is 1.17 bits per heavy atom. The minimum absolute atomic E-state index is 0. The van der Waals surface area contributed by atoms with Crippen LogP contribution in [0.5, 0.6) is 0 Å². The molecule has 0 aromatic heterocycles. The summed E-state index contributed by atoms with van der Waals surface area (Å²) in [6.45, 7) is 5.55. The number of ether oxygens (including phenoxy) is 1. The van der Waals surface area contributed by atoms with Gasteiger partial charge in [-0.25, -0.2) is 13.1 Å². The fourth-order valence-corrected chi connectivity index (χ4v) is 3.29. The zero-order valence-electron chi connectivity index (χ0n) is 14.5. The fraction of sp³-hybridized carbons (Fsp3) is 0.533. The first-order chi connectivity index (χ1) is 10.9. The Hall–Kier alpha value is -0.910. The fourth-order valence-electron chi connectivity index (χ4n) is 1.93. The lowest BCUT2D eigenvalue weighted by molar-refractivity contribution is 0.203. The molecular formula is C15H27IN4O3S. The summed E-state index contributed by atoms with van der Waals surface area (Å²) >= 11 is 0. The largest absolute Gasteiger partial charge is 0.383 e. The minimum atomic E-state index is -3.51. The van der Waals surface area contributed by atoms with Gasteiger partial charge in [0.25, 0.3) is 0 Å². The number of guanidine groups is 1. The van der Waals surface area contributed by atoms with Crippen LogP contribution >= 0.6 is 24.0 Å². The Morgan fingerprint density at radius 3 is 2.46 bits per heavy atom. The molecule has 9 heteroatoms. The number of nitrogens with one attached hydrogen (secondary N) is 3. The number of sulfonamides is 1. The van der Waals surface area contributed by atoms with Crippen molar-refractivity contribution in [2.45, 2.75) is 18.7 Å². The molecule has 0 saturated carbocycles. The van der Waals surface area contributed by atoms with Gasteiger partial charge in [0, 0.05) is 33.8 Å². The van der Waals surface area contributed by atoms with Crippen molar-refractivity contribution in [3.8, 4) is 0 Å². The maximum Gasteiger partial charge on any atom is 0.240 e. The number of aryl methyl sites for hydroxylation is 2. The second-order valence-electron chi connectivity index (χ2n) is 5.09. The number of hydrogen-bond donors (Lipinski definition) is 3. The number of rotatable bonds is 8. The lowest BCUT2D eigenvalue weighted by atomic mass is 10.2. The third-order valence-corrected chi connectivity index (χ3v) is 4.77. The first-order valence-electron chi connectivity index (χ1n) is 7.41. The molecule has 138 valence electrons. The van der Waals surface area contributed by atoms with Crippen molar-refractivity contribution >= 4 is 40.0 Å². The van der Waals surface area contributed by atoms with Crippen LogP contribution in [-0.4, -0.2) is 54.8 Å². The molecule has 0 amide bonds. The molecule has 0 aliphatic rings. The summed E-state index contributed by atoms with van der Waals surface area (Å²) in [6.07, 6.45) is 0. The summed E-state index contributed by atoms with van der Waals surface area (Å²) in [4.78, 5) is 4.36. The quantitative estimate of drug-likeness (QED) is 0.228. The van der Waals surface area contributed by atoms with Gasteiger partial charge in [0.1, 0.15) is 0 Å². The smallest absolute Gasteiger partial charge is 0.240 e. The standard InChI is InChI=1S/C15H26N4O3S.HI/c1-12-5-6-13(2)14(11-12)23(20,21)19-8-7-17-15(16-3)18-9-10-22-4;/h5-6,11,19H,7-10H2,1-4H3,(H2,16,17,18);1H. The number of nitrogens with zero attached hydrogens (tertiary/aromatic N) is 1. The Balaban J connectivity index is 0.00000529. The molecule has 0 bridgehead atoms. The van der Waals surface area contributed by atoms with Crippen LogP contribution in [0.3, 0.4) is 0 Å². The van der Waals surface area contributed by atoms with Crippen LogP contribution < -0.4 is 15.4 Å². The molecule has 0 fully saturated rings. The van der Waals surface area contributed by atoms with E-state index < -0.39 is 10.0 Å². The molecule has 0 spiro atoms. The van der Waals surface area contributed by atoms with Gasteiger partial charge in [-0.1, -0.05) is 12.1 Å². The summed E-state index contributed by atoms with van der Waals surface area (Å²) in [5.74, 6) is 0.605. The Bertz CT molecular complexity index is 636. The molecule has 0 radical (unpaired) electrons. The third-order valence-electron chi connectivity index (χ3n) is 3.16. The van der Waals surface area contributed by atoms with E-state index in [-0.39, 0.29) is 30.5 Å². The average molecular weight is 470 g/mol. The summed E-state index contributed by atoms with van der Waals surface area (Å²) in [5, 5.41) is 6.09. The summed E-state index contributed by atoms with van der Waals surface area (Å²) < 4.78 is 32.2. The molecule has 0 unspecified atom stereocenters. The van der Waals surface area contributed by atoms with Crippen molar-refractivity contribution in [2.75, 3.05) is 40.4 Å². The maximum absolute atomic E-state index is 12.3. The molecule has 0 heterocycles. The van der Waals surface area contributed by atoms with Crippen LogP contribution in [0.2, 0.25) is 0 Å². The van der Waals surface area contributed by atoms with E-state index in [4.69, 9.17) is 4.74 Å². The zero-order chi connectivity index (χ0) is 17.3. The molecule has 7 nitrogen and oxygen atoms in total. The first-order valence-corrected chi connectivity index (χ1v) is 8.89. The van der Waals surface area contributed by atoms with Crippen LogP contribution in [0.1, 0.15) is 11.1 Å². The molecule has 1 aromatic rings. The van der Waals surface area contributed by atoms with E-state index in [9.17, 15) is 8.42 Å². The van der Waals surface area contributed by atoms with Gasteiger partial charge >= 0.3 is 0 Å². The summed E-state index contributed by atoms with van der Waals surface area (Å²) in [7, 11) is -0.229. The number of aliphatic imine (C=N–C) groups is 1. The lowest BCUT2D eigenvalue weighted by Gasteiger charge is -2.13. The predicted octanol–water partition coefficient (Wildman–Crippen LogP) is 1.01. The van der Waals surface area contributed by atoms with E-state index in [0.29, 0.717) is 30.6 Å². The molecule has 3 N–H and O–H groups in total. The predicted molar refractivity (Wildman–Crippen MR) is 108 cm³/mol. The van der Waals surface area contributed by atoms with E-state index in [2.05, 4.69) is 20.3 Å². The van der Waals surface area contributed by atoms with E-state index >= 15 is 0 Å². The maximum atomic E-state index is 12.3. The van der Waals surface area contributed by atoms with Gasteiger partial charge in [-0.15, -0.1) is 24.0 Å². The molecule has 24 heavy (non-hydrogen) atoms. The van der Waals surface area contributed by atoms with Gasteiger partial charge in [0.05, 0.1) is 11.5 Å². The highest BCUT2D eigenvalue weighted by molar-refractivity contribution is 14.0. The van der Waals surface area contributed by atoms with Crippen LogP contribution in [0.25, 0.3) is 0 Å². The highest BCUT2D eigenvalue weighted by Crippen LogP contribution is 2.16. The van der Waals surface area contributed by atoms with Crippen LogP contribution in [0.4, 0.5) is 0 Å². The van der Waals surface area contributed by atoms with E-state index in [0.717, 1.165) is 11.1 Å². The Labute approximate surface area is 161 Å². The first kappa shape index (κ1) is 23.1. The SMILES string of the molecule is CN=C(NCCNS(=O)(=O)c1cc(C)ccc1C)NCCOC.I. The topological polar surface area (TPSA) is 91.8 Å². The van der Waals surface area contributed by atoms with Gasteiger partial charge in [-0.2, -0.15) is 0 Å². The molecule has 0 saturated heterocycles. The van der Waals surface area contributed by atoms with Gasteiger partial charge in [0.2, 0.25) is 10.0 Å². The van der Waals surface area contributed by atoms with Crippen LogP contribution in [0, 0.1) is 13.8 Å². The van der Waals surface area contributed by atoms with Gasteiger partial charge in [-0.05, 0) is 31.0 Å². The van der Waals surface area contributed by atoms with E-state index in [1.54, 1.807) is 27.1 Å². The van der Waals surface area contributed by atoms with Crippen LogP contribution in [-0.2, 0) is 14.8 Å². The molecule has 0 atom stereocenters. The van der Waals surface area contributed by atoms with Crippen molar-refractivity contribution < 1.29 is 13.2 Å². The number of halogens is 1. The summed E-state index contributed by atoms with van der Waals surface area (Å²) in [5.41, 5.74) is 1.64. The molecule has 1 aromatic carbocycles. The second kappa shape index (κ2) is 11.6.